The number of aldehydes is 1. The number of ether oxygens (including phenoxy) is 7. The number of nitrogens with two attached hydrogens (primary N) is 2. The number of carbonyl (C=O) groups is 5. The predicted molar refractivity (Wildman–Crippen MR) is 490 cm³/mol. The van der Waals surface area contributed by atoms with Crippen LogP contribution in [0.5, 0.6) is 40.4 Å². The first-order chi connectivity index (χ1) is 57.4. The van der Waals surface area contributed by atoms with Crippen molar-refractivity contribution in [3.8, 4) is 74.4 Å². The largest absolute Gasteiger partial charge is 0.497 e. The second-order valence-corrected chi connectivity index (χ2v) is 44.0. The summed E-state index contributed by atoms with van der Waals surface area (Å²) < 4.78 is 62.9. The molecule has 29 nitrogen and oxygen atoms in total. The summed E-state index contributed by atoms with van der Waals surface area (Å²) in [6.07, 6.45) is 0.703. The Morgan fingerprint density at radius 1 is 0.561 bits per heavy atom. The van der Waals surface area contributed by atoms with E-state index in [0.717, 1.165) is 33.3 Å². The third-order valence-electron chi connectivity index (χ3n) is 21.4. The number of nitrogens with zero attached hydrogens (tertiary/aromatic N) is 7. The molecule has 0 aliphatic carbocycles. The van der Waals surface area contributed by atoms with Gasteiger partial charge in [0.15, 0.2) is 34.5 Å². The van der Waals surface area contributed by atoms with Crippen molar-refractivity contribution in [1.82, 2.24) is 39.6 Å². The van der Waals surface area contributed by atoms with Gasteiger partial charge < -0.3 is 92.7 Å². The van der Waals surface area contributed by atoms with Crippen molar-refractivity contribution >= 4 is 91.7 Å². The number of aromatic nitrogens is 5. The molecule has 5 aromatic carbocycles. The maximum absolute atomic E-state index is 13.0. The van der Waals surface area contributed by atoms with Gasteiger partial charge in [0.1, 0.15) is 86.9 Å². The van der Waals surface area contributed by atoms with Crippen LogP contribution in [-0.2, 0) is 24.8 Å². The van der Waals surface area contributed by atoms with Crippen molar-refractivity contribution in [2.75, 3.05) is 116 Å². The zero-order valence-electron chi connectivity index (χ0n) is 76.1. The molecule has 0 spiro atoms. The van der Waals surface area contributed by atoms with Crippen LogP contribution in [0, 0.1) is 20.8 Å². The molecular weight excluding hydrogens is 1670 g/mol. The maximum atomic E-state index is 13.0. The van der Waals surface area contributed by atoms with Gasteiger partial charge in [-0.05, 0) is 202 Å². The Hall–Kier alpha value is -10.6. The highest BCUT2D eigenvalue weighted by molar-refractivity contribution is 9.10. The van der Waals surface area contributed by atoms with Crippen LogP contribution in [0.3, 0.4) is 0 Å². The number of halogens is 1. The van der Waals surface area contributed by atoms with Crippen LogP contribution in [-0.4, -0.2) is 225 Å². The molecule has 664 valence electrons. The minimum absolute atomic E-state index is 0.00133. The lowest BCUT2D eigenvalue weighted by Gasteiger charge is -2.36. The molecule has 1 aliphatic heterocycles. The molecule has 5 heterocycles. The lowest BCUT2D eigenvalue weighted by atomic mass is 9.76. The van der Waals surface area contributed by atoms with Gasteiger partial charge in [-0.3, -0.25) is 28.8 Å². The summed E-state index contributed by atoms with van der Waals surface area (Å²) in [5.74, 6) is 2.81. The SMILES string of the molecule is CC(C)(C)[Si](C)(C)OCCOc1ccc(C=O)nc1Br.COc1cc(CO)cc2nc(-c3ccc(OCCO)c(-c4ccc(C(=O)N(C)C)cc4C)n3)[nH]c(=O)c12.COc1cc(N)c(C(N)=O)c(OC)c1.COc1ccc(OCCO[Si](C)(C)C(C)(C)C)c(-c2ccc(C(=O)N(C)C)cc2C)n1.Cc1cc(C(=O)N(C)C)ccc1B1OC(C)(C)C(C)(C)O1. The van der Waals surface area contributed by atoms with Crippen LogP contribution >= 0.6 is 15.9 Å². The number of anilines is 1. The van der Waals surface area contributed by atoms with Crippen LogP contribution < -0.4 is 55.6 Å². The number of primary amides is 1. The molecule has 1 saturated heterocycles. The maximum Gasteiger partial charge on any atom is 0.495 e. The number of rotatable bonds is 27. The number of amides is 4. The number of pyridine rings is 3. The first-order valence-electron chi connectivity index (χ1n) is 39.8. The zero-order chi connectivity index (χ0) is 92.2. The fourth-order valence-electron chi connectivity index (χ4n) is 11.6. The van der Waals surface area contributed by atoms with E-state index in [0.29, 0.717) is 128 Å². The Morgan fingerprint density at radius 3 is 1.46 bits per heavy atom. The van der Waals surface area contributed by atoms with E-state index in [1.165, 1.54) is 32.3 Å². The number of aliphatic hydroxyl groups excluding tert-OH is 2. The summed E-state index contributed by atoms with van der Waals surface area (Å²) in [6.45, 7) is 37.8. The molecule has 4 aromatic heterocycles. The monoisotopic (exact) mass is 1790 g/mol. The molecule has 9 aromatic rings. The van der Waals surface area contributed by atoms with Crippen molar-refractivity contribution in [2.45, 2.75) is 144 Å². The predicted octanol–water partition coefficient (Wildman–Crippen LogP) is 14.1. The highest BCUT2D eigenvalue weighted by Crippen LogP contribution is 2.41. The number of hydrogen-bond acceptors (Lipinski definition) is 24. The van der Waals surface area contributed by atoms with Gasteiger partial charge in [0.05, 0.1) is 77.3 Å². The summed E-state index contributed by atoms with van der Waals surface area (Å²) in [4.78, 5) is 96.7. The highest BCUT2D eigenvalue weighted by Gasteiger charge is 2.52. The average Bonchev–Trinajstić information content (AvgIpc) is 1.74. The van der Waals surface area contributed by atoms with E-state index < -0.39 is 35.2 Å². The normalized spacial score (nSPS) is 12.7. The Balaban J connectivity index is 0.000000247. The molecule has 0 atom stereocenters. The summed E-state index contributed by atoms with van der Waals surface area (Å²) in [5.41, 5.74) is 20.1. The Morgan fingerprint density at radius 2 is 1.03 bits per heavy atom. The smallest absolute Gasteiger partial charge is 0.495 e. The number of aryl methyl sites for hydroxylation is 3. The van der Waals surface area contributed by atoms with Gasteiger partial charge >= 0.3 is 7.12 Å². The van der Waals surface area contributed by atoms with Crippen LogP contribution in [0.25, 0.3) is 44.9 Å². The van der Waals surface area contributed by atoms with E-state index in [4.69, 9.17) is 67.8 Å². The minimum Gasteiger partial charge on any atom is -0.497 e. The molecule has 0 unspecified atom stereocenters. The molecule has 1 aliphatic rings. The van der Waals surface area contributed by atoms with Crippen molar-refractivity contribution in [2.24, 2.45) is 5.73 Å². The van der Waals surface area contributed by atoms with E-state index in [1.54, 1.807) is 126 Å². The Bertz CT molecular complexity index is 5250. The third-order valence-corrected chi connectivity index (χ3v) is 31.1. The Labute approximate surface area is 733 Å². The number of methoxy groups -OCH3 is 4. The number of benzene rings is 5. The van der Waals surface area contributed by atoms with Crippen molar-refractivity contribution in [1.29, 1.82) is 0 Å². The van der Waals surface area contributed by atoms with Crippen LogP contribution in [0.15, 0.2) is 125 Å². The number of aliphatic hydroxyl groups is 2. The van der Waals surface area contributed by atoms with E-state index in [2.05, 4.69) is 104 Å². The molecule has 0 radical (unpaired) electrons. The van der Waals surface area contributed by atoms with Gasteiger partial charge in [0.2, 0.25) is 5.88 Å². The standard InChI is InChI=1S/C27H28N4O6.C24H36N2O4Si.C16H24BNO3.C14H22BrNO3Si.C9H12N2O3/c1-15-11-17(27(35)31(2)3)5-6-18(15)24-21(37-10-9-32)8-7-19(28-24)25-29-20-12-16(14-33)13-22(36-4)23(20)26(34)30-25;1-17-16-18(23(27)26(5)6)10-11-19(17)22-20(12-13-21(25-22)28-7)29-14-15-30-31(8,9)24(2,3)4;1-11-10-12(14(19)18(6)7)8-9-13(11)17-20-15(2,3)16(4,5)21-17;1-14(2,3)20(4,5)19-9-8-18-12-7-6-11(10-17)16-13(12)15;1-13-5-3-6(10)8(9(11)12)7(4-5)14-2/h5-8,11-13,32-33H,9-10,14H2,1-4H3,(H,29,30,34);10-13,16H,14-15H2,1-9H3;8-10H,1-7H3;6-7,10H,8-9H2,1-5H3;3-4H,10H2,1-2H3,(H2,11,12). The number of aromatic amines is 1. The van der Waals surface area contributed by atoms with Gasteiger partial charge in [0, 0.05) is 88.3 Å². The van der Waals surface area contributed by atoms with Crippen LogP contribution in [0.4, 0.5) is 5.69 Å². The number of fused-ring (bicyclic) bond motifs is 1. The molecule has 10 rings (SSSR count). The number of nitrogens with one attached hydrogen (secondary N) is 1. The van der Waals surface area contributed by atoms with E-state index >= 15 is 0 Å². The molecule has 4 amide bonds. The first kappa shape index (κ1) is 101. The van der Waals surface area contributed by atoms with Crippen molar-refractivity contribution < 1.29 is 85.5 Å². The average molecular weight is 1790 g/mol. The topological polar surface area (TPSA) is 374 Å². The molecule has 0 saturated carbocycles. The molecule has 123 heavy (non-hydrogen) atoms. The summed E-state index contributed by atoms with van der Waals surface area (Å²) in [6, 6.07) is 33.2. The molecule has 7 N–H and O–H groups in total. The highest BCUT2D eigenvalue weighted by atomic mass is 79.9. The fraction of sp³-hybridized carbons (Fsp3) is 0.422. The number of carbonyl (C=O) groups excluding carboxylic acids is 5. The molecule has 0 bridgehead atoms. The first-order valence-corrected chi connectivity index (χ1v) is 46.4. The molecular formula is C90H122BBrN10O19Si2. The quantitative estimate of drug-likeness (QED) is 0.0105. The fourth-order valence-corrected chi connectivity index (χ4v) is 14.1. The Kier molecular flexibility index (Phi) is 35.9. The lowest BCUT2D eigenvalue weighted by Crippen LogP contribution is -2.41. The lowest BCUT2D eigenvalue weighted by molar-refractivity contribution is 0.00578. The number of hydrogen-bond donors (Lipinski definition) is 5. The number of nitrogen functional groups attached to an aromatic ring is 1. The van der Waals surface area contributed by atoms with Crippen LogP contribution in [0.2, 0.25) is 36.3 Å². The van der Waals surface area contributed by atoms with Crippen molar-refractivity contribution in [3.05, 3.63) is 180 Å². The summed E-state index contributed by atoms with van der Waals surface area (Å²) >= 11 is 3.28. The van der Waals surface area contributed by atoms with Gasteiger partial charge in [-0.2, -0.15) is 0 Å². The molecule has 33 heteroatoms. The van der Waals surface area contributed by atoms with Gasteiger partial charge in [-0.25, -0.2) is 19.9 Å². The second-order valence-electron chi connectivity index (χ2n) is 33.6. The van der Waals surface area contributed by atoms with E-state index in [1.807, 2.05) is 90.9 Å². The van der Waals surface area contributed by atoms with Crippen molar-refractivity contribution in [3.63, 3.8) is 0 Å². The summed E-state index contributed by atoms with van der Waals surface area (Å²) in [5, 5.41) is 19.5. The van der Waals surface area contributed by atoms with Crippen LogP contribution in [0.1, 0.15) is 143 Å². The minimum atomic E-state index is -1.82. The van der Waals surface area contributed by atoms with Gasteiger partial charge in [-0.15, -0.1) is 0 Å². The molecule has 1 fully saturated rings. The summed E-state index contributed by atoms with van der Waals surface area (Å²) in [7, 11) is 12.4. The van der Waals surface area contributed by atoms with E-state index in [9.17, 15) is 39.0 Å². The van der Waals surface area contributed by atoms with Gasteiger partial charge in [0.25, 0.3) is 29.2 Å². The number of H-pyrrole nitrogens is 1. The van der Waals surface area contributed by atoms with E-state index in [-0.39, 0.29) is 81.3 Å². The van der Waals surface area contributed by atoms with Gasteiger partial charge in [-0.1, -0.05) is 65.3 Å². The third kappa shape index (κ3) is 26.5. The second kappa shape index (κ2) is 43.6. The zero-order valence-corrected chi connectivity index (χ0v) is 79.7.